The van der Waals surface area contributed by atoms with Gasteiger partial charge in [-0.2, -0.15) is 0 Å². The van der Waals surface area contributed by atoms with E-state index in [2.05, 4.69) is 5.32 Å². The molecule has 7 nitrogen and oxygen atoms in total. The Kier molecular flexibility index (Phi) is 9.92. The zero-order valence-corrected chi connectivity index (χ0v) is 23.3. The maximum absolute atomic E-state index is 13.7. The Balaban J connectivity index is 1.96. The Hall–Kier alpha value is -2.00. The molecule has 196 valence electrons. The van der Waals surface area contributed by atoms with Crippen LogP contribution >= 0.6 is 34.8 Å². The number of nitrogens with zero attached hydrogens (tertiary/aromatic N) is 2. The Morgan fingerprint density at radius 1 is 1.06 bits per heavy atom. The van der Waals surface area contributed by atoms with Gasteiger partial charge in [0.05, 0.1) is 17.0 Å². The second-order valence-corrected chi connectivity index (χ2v) is 12.1. The zero-order chi connectivity index (χ0) is 26.5. The lowest BCUT2D eigenvalue weighted by atomic mass is 10.1. The highest BCUT2D eigenvalue weighted by molar-refractivity contribution is 7.92. The standard InChI is InChI=1S/C25H30Cl3N3O4S/c1-3-22(25(33)29-19-9-5-6-10-19)30(15-17-8-4-7-11-20(17)27)24(32)16-31(36(2,34)35)23-14-18(26)12-13-21(23)28/h4,7-8,11-14,19,22H,3,5-6,9-10,15-16H2,1-2H3,(H,29,33)/t22-/m0/s1. The molecule has 0 heterocycles. The maximum Gasteiger partial charge on any atom is 0.244 e. The van der Waals surface area contributed by atoms with E-state index in [-0.39, 0.29) is 34.2 Å². The van der Waals surface area contributed by atoms with Crippen molar-refractivity contribution in [2.75, 3.05) is 17.1 Å². The highest BCUT2D eigenvalue weighted by Gasteiger charge is 2.33. The average Bonchev–Trinajstić information content (AvgIpc) is 3.32. The quantitative estimate of drug-likeness (QED) is 0.418. The van der Waals surface area contributed by atoms with Crippen molar-refractivity contribution in [3.63, 3.8) is 0 Å². The Morgan fingerprint density at radius 2 is 1.72 bits per heavy atom. The summed E-state index contributed by atoms with van der Waals surface area (Å²) in [5, 5.41) is 3.90. The molecule has 1 aliphatic rings. The number of amides is 2. The smallest absolute Gasteiger partial charge is 0.244 e. The normalized spacial score (nSPS) is 14.9. The number of sulfonamides is 1. The molecule has 0 bridgehead atoms. The van der Waals surface area contributed by atoms with Gasteiger partial charge in [-0.3, -0.25) is 13.9 Å². The molecule has 0 saturated heterocycles. The predicted octanol–water partition coefficient (Wildman–Crippen LogP) is 5.28. The summed E-state index contributed by atoms with van der Waals surface area (Å²) < 4.78 is 26.4. The highest BCUT2D eigenvalue weighted by Crippen LogP contribution is 2.31. The van der Waals surface area contributed by atoms with Gasteiger partial charge >= 0.3 is 0 Å². The lowest BCUT2D eigenvalue weighted by Crippen LogP contribution is -2.53. The molecule has 2 aromatic carbocycles. The molecule has 1 aliphatic carbocycles. The third-order valence-corrected chi connectivity index (χ3v) is 8.29. The van der Waals surface area contributed by atoms with E-state index in [1.807, 2.05) is 6.92 Å². The van der Waals surface area contributed by atoms with Crippen LogP contribution in [0.1, 0.15) is 44.6 Å². The molecule has 2 amide bonds. The molecule has 0 unspecified atom stereocenters. The van der Waals surface area contributed by atoms with E-state index in [0.717, 1.165) is 36.2 Å². The van der Waals surface area contributed by atoms with Gasteiger partial charge in [-0.05, 0) is 49.1 Å². The molecular formula is C25H30Cl3N3O4S. The van der Waals surface area contributed by atoms with Crippen LogP contribution in [0.15, 0.2) is 42.5 Å². The minimum Gasteiger partial charge on any atom is -0.352 e. The van der Waals surface area contributed by atoms with Crippen molar-refractivity contribution in [2.24, 2.45) is 0 Å². The van der Waals surface area contributed by atoms with Gasteiger partial charge in [-0.15, -0.1) is 0 Å². The molecule has 1 atom stereocenters. The third kappa shape index (κ3) is 7.28. The van der Waals surface area contributed by atoms with E-state index < -0.39 is 28.5 Å². The zero-order valence-electron chi connectivity index (χ0n) is 20.2. The van der Waals surface area contributed by atoms with E-state index in [1.165, 1.54) is 23.1 Å². The molecule has 3 rings (SSSR count). The van der Waals surface area contributed by atoms with Crippen LogP contribution < -0.4 is 9.62 Å². The maximum atomic E-state index is 13.7. The summed E-state index contributed by atoms with van der Waals surface area (Å²) >= 11 is 18.7. The first-order valence-corrected chi connectivity index (χ1v) is 14.8. The molecule has 1 N–H and O–H groups in total. The van der Waals surface area contributed by atoms with E-state index in [1.54, 1.807) is 24.3 Å². The van der Waals surface area contributed by atoms with Gasteiger partial charge in [-0.25, -0.2) is 8.42 Å². The van der Waals surface area contributed by atoms with E-state index in [0.29, 0.717) is 17.0 Å². The fraction of sp³-hybridized carbons (Fsp3) is 0.440. The molecule has 0 aliphatic heterocycles. The van der Waals surface area contributed by atoms with Crippen LogP contribution in [-0.2, 0) is 26.2 Å². The number of carbonyl (C=O) groups is 2. The SMILES string of the molecule is CC[C@@H](C(=O)NC1CCCC1)N(Cc1ccccc1Cl)C(=O)CN(c1cc(Cl)ccc1Cl)S(C)(=O)=O. The fourth-order valence-corrected chi connectivity index (χ4v) is 5.85. The molecular weight excluding hydrogens is 545 g/mol. The first kappa shape index (κ1) is 28.6. The number of carbonyl (C=O) groups excluding carboxylic acids is 2. The van der Waals surface area contributed by atoms with Crippen LogP contribution in [-0.4, -0.2) is 50.0 Å². The van der Waals surface area contributed by atoms with Crippen LogP contribution in [0.5, 0.6) is 0 Å². The van der Waals surface area contributed by atoms with Gasteiger partial charge < -0.3 is 10.2 Å². The first-order chi connectivity index (χ1) is 17.0. The van der Waals surface area contributed by atoms with Gasteiger partial charge in [0.25, 0.3) is 0 Å². The van der Waals surface area contributed by atoms with Crippen molar-refractivity contribution in [2.45, 2.75) is 57.7 Å². The summed E-state index contributed by atoms with van der Waals surface area (Å²) in [7, 11) is -3.92. The number of hydrogen-bond acceptors (Lipinski definition) is 4. The third-order valence-electron chi connectivity index (χ3n) is 6.24. The number of halogens is 3. The number of benzene rings is 2. The second-order valence-electron chi connectivity index (χ2n) is 8.89. The number of nitrogens with one attached hydrogen (secondary N) is 1. The van der Waals surface area contributed by atoms with Crippen molar-refractivity contribution in [1.29, 1.82) is 0 Å². The largest absolute Gasteiger partial charge is 0.352 e. The molecule has 0 spiro atoms. The average molecular weight is 575 g/mol. The van der Waals surface area contributed by atoms with Gasteiger partial charge in [0, 0.05) is 22.6 Å². The van der Waals surface area contributed by atoms with Gasteiger partial charge in [-0.1, -0.05) is 72.8 Å². The summed E-state index contributed by atoms with van der Waals surface area (Å²) in [6.45, 7) is 1.29. The van der Waals surface area contributed by atoms with Crippen LogP contribution in [0.4, 0.5) is 5.69 Å². The molecule has 1 fully saturated rings. The highest BCUT2D eigenvalue weighted by atomic mass is 35.5. The first-order valence-electron chi connectivity index (χ1n) is 11.8. The lowest BCUT2D eigenvalue weighted by Gasteiger charge is -2.33. The van der Waals surface area contributed by atoms with Crippen molar-refractivity contribution in [3.8, 4) is 0 Å². The minimum atomic E-state index is -3.92. The molecule has 1 saturated carbocycles. The van der Waals surface area contributed by atoms with E-state index in [4.69, 9.17) is 34.8 Å². The summed E-state index contributed by atoms with van der Waals surface area (Å²) in [5.74, 6) is -0.832. The van der Waals surface area contributed by atoms with Gasteiger partial charge in [0.15, 0.2) is 0 Å². The van der Waals surface area contributed by atoms with Crippen molar-refractivity contribution in [3.05, 3.63) is 63.1 Å². The summed E-state index contributed by atoms with van der Waals surface area (Å²) in [6.07, 6.45) is 5.22. The summed E-state index contributed by atoms with van der Waals surface area (Å²) in [4.78, 5) is 28.4. The molecule has 2 aromatic rings. The van der Waals surface area contributed by atoms with Crippen LogP contribution in [0.25, 0.3) is 0 Å². The fourth-order valence-electron chi connectivity index (χ4n) is 4.37. The Labute approximate surface area is 227 Å². The number of rotatable bonds is 10. The summed E-state index contributed by atoms with van der Waals surface area (Å²) in [5.41, 5.74) is 0.729. The molecule has 11 heteroatoms. The van der Waals surface area contributed by atoms with E-state index in [9.17, 15) is 18.0 Å². The van der Waals surface area contributed by atoms with Crippen LogP contribution in [0.2, 0.25) is 15.1 Å². The Bertz CT molecular complexity index is 1200. The van der Waals surface area contributed by atoms with Crippen LogP contribution in [0, 0.1) is 0 Å². The topological polar surface area (TPSA) is 86.8 Å². The van der Waals surface area contributed by atoms with Crippen molar-refractivity contribution < 1.29 is 18.0 Å². The molecule has 0 aromatic heterocycles. The van der Waals surface area contributed by atoms with Gasteiger partial charge in [0.2, 0.25) is 21.8 Å². The lowest BCUT2D eigenvalue weighted by molar-refractivity contribution is -0.140. The second kappa shape index (κ2) is 12.5. The molecule has 36 heavy (non-hydrogen) atoms. The summed E-state index contributed by atoms with van der Waals surface area (Å²) in [6, 6.07) is 10.7. The minimum absolute atomic E-state index is 0.0377. The molecule has 0 radical (unpaired) electrons. The van der Waals surface area contributed by atoms with Crippen molar-refractivity contribution in [1.82, 2.24) is 10.2 Å². The predicted molar refractivity (Wildman–Crippen MR) is 145 cm³/mol. The van der Waals surface area contributed by atoms with E-state index >= 15 is 0 Å². The Morgan fingerprint density at radius 3 is 2.33 bits per heavy atom. The number of anilines is 1. The van der Waals surface area contributed by atoms with Crippen LogP contribution in [0.3, 0.4) is 0 Å². The van der Waals surface area contributed by atoms with Gasteiger partial charge in [0.1, 0.15) is 12.6 Å². The van der Waals surface area contributed by atoms with Crippen molar-refractivity contribution >= 4 is 62.3 Å². The number of hydrogen-bond donors (Lipinski definition) is 1. The monoisotopic (exact) mass is 573 g/mol.